The van der Waals surface area contributed by atoms with Crippen LogP contribution in [0.4, 0.5) is 0 Å². The maximum absolute atomic E-state index is 13.1. The molecule has 2 aliphatic heterocycles. The molecule has 2 aromatic heterocycles. The Labute approximate surface area is 178 Å². The number of β-amino-alcohol motifs (C(OH)–C–C–N with tert-alkyl or cyclic N) is 1. The lowest BCUT2D eigenvalue weighted by Crippen LogP contribution is -2.65. The summed E-state index contributed by atoms with van der Waals surface area (Å²) in [5.41, 5.74) is 3.15. The number of nitrogens with one attached hydrogen (secondary N) is 1. The van der Waals surface area contributed by atoms with Crippen LogP contribution in [-0.2, 0) is 13.0 Å². The van der Waals surface area contributed by atoms with Crippen molar-refractivity contribution in [3.05, 3.63) is 70.1 Å². The number of hydrogen-bond acceptors (Lipinski definition) is 5. The van der Waals surface area contributed by atoms with Crippen LogP contribution in [0, 0.1) is 11.3 Å². The minimum absolute atomic E-state index is 0.235. The minimum atomic E-state index is -0.686. The van der Waals surface area contributed by atoms with Gasteiger partial charge in [-0.05, 0) is 30.0 Å². The van der Waals surface area contributed by atoms with E-state index >= 15 is 0 Å². The number of carbonyl (C=O) groups is 1. The summed E-state index contributed by atoms with van der Waals surface area (Å²) < 4.78 is 1.59. The lowest BCUT2D eigenvalue weighted by Gasteiger charge is -2.48. The van der Waals surface area contributed by atoms with Crippen LogP contribution >= 0.6 is 11.6 Å². The minimum Gasteiger partial charge on any atom is -0.389 e. The van der Waals surface area contributed by atoms with Crippen LogP contribution in [-0.4, -0.2) is 50.0 Å². The summed E-state index contributed by atoms with van der Waals surface area (Å²) in [6.45, 7) is 1.47. The van der Waals surface area contributed by atoms with Crippen molar-refractivity contribution in [1.82, 2.24) is 19.6 Å². The second kappa shape index (κ2) is 7.10. The van der Waals surface area contributed by atoms with Crippen LogP contribution in [0.5, 0.6) is 0 Å². The number of benzene rings is 1. The monoisotopic (exact) mass is 421 g/mol. The molecule has 5 rings (SSSR count). The summed E-state index contributed by atoms with van der Waals surface area (Å²) >= 11 is 6.20. The number of piperidine rings is 1. The van der Waals surface area contributed by atoms with Crippen molar-refractivity contribution in [2.75, 3.05) is 13.1 Å². The highest BCUT2D eigenvalue weighted by molar-refractivity contribution is 6.33. The van der Waals surface area contributed by atoms with Gasteiger partial charge in [-0.15, -0.1) is 0 Å². The number of halogens is 1. The number of aromatic nitrogens is 2. The Balaban J connectivity index is 1.36. The fraction of sp³-hybridized carbons (Fsp3) is 0.318. The molecule has 7 nitrogen and oxygen atoms in total. The Morgan fingerprint density at radius 2 is 2.13 bits per heavy atom. The molecule has 0 saturated carbocycles. The largest absolute Gasteiger partial charge is 0.389 e. The molecule has 1 saturated heterocycles. The zero-order valence-corrected chi connectivity index (χ0v) is 16.9. The van der Waals surface area contributed by atoms with Crippen molar-refractivity contribution >= 4 is 23.2 Å². The molecule has 1 fully saturated rings. The number of hydrogen-bond donors (Lipinski definition) is 2. The summed E-state index contributed by atoms with van der Waals surface area (Å²) in [6.07, 6.45) is 3.88. The normalized spacial score (nSPS) is 23.4. The molecule has 1 spiro atoms. The standard InChI is InChI=1S/C22H20ClN5O2/c23-17-7-14(9-24)11-28-12-18(26-20(17)28)21(30)27-6-5-22(19(29)13-27)8-15-3-1-2-4-16(15)10-25-22/h1-4,7,11-12,19,25,29H,5-6,8,10,13H2/t19-,22+/m1/s1. The molecule has 8 heteroatoms. The molecule has 2 atom stereocenters. The van der Waals surface area contributed by atoms with Gasteiger partial charge in [0.15, 0.2) is 5.65 Å². The van der Waals surface area contributed by atoms with E-state index in [1.165, 1.54) is 17.2 Å². The Kier molecular flexibility index (Phi) is 4.51. The SMILES string of the molecule is N#Cc1cc(Cl)c2nc(C(=O)N3CC[C@]4(Cc5ccccc5CN4)[C@H](O)C3)cn2c1. The number of likely N-dealkylation sites (tertiary alicyclic amines) is 1. The van der Waals surface area contributed by atoms with E-state index in [1.807, 2.05) is 18.2 Å². The average molecular weight is 422 g/mol. The molecule has 0 radical (unpaired) electrons. The van der Waals surface area contributed by atoms with Crippen LogP contribution in [0.2, 0.25) is 5.02 Å². The van der Waals surface area contributed by atoms with Gasteiger partial charge in [-0.1, -0.05) is 35.9 Å². The third kappa shape index (κ3) is 3.05. The van der Waals surface area contributed by atoms with Crippen molar-refractivity contribution in [3.63, 3.8) is 0 Å². The fourth-order valence-corrected chi connectivity index (χ4v) is 4.79. The van der Waals surface area contributed by atoms with Crippen LogP contribution in [0.3, 0.4) is 0 Å². The number of nitrogens with zero attached hydrogens (tertiary/aromatic N) is 4. The summed E-state index contributed by atoms with van der Waals surface area (Å²) in [6, 6.07) is 11.8. The van der Waals surface area contributed by atoms with E-state index < -0.39 is 11.6 Å². The molecule has 0 aliphatic carbocycles. The maximum Gasteiger partial charge on any atom is 0.274 e. The van der Waals surface area contributed by atoms with E-state index in [0.717, 1.165) is 6.42 Å². The third-order valence-electron chi connectivity index (χ3n) is 6.26. The van der Waals surface area contributed by atoms with Gasteiger partial charge in [0.05, 0.1) is 22.2 Å². The molecule has 4 heterocycles. The molecule has 1 aromatic carbocycles. The number of carbonyl (C=O) groups excluding carboxylic acids is 1. The predicted molar refractivity (Wildman–Crippen MR) is 111 cm³/mol. The van der Waals surface area contributed by atoms with Gasteiger partial charge >= 0.3 is 0 Å². The van der Waals surface area contributed by atoms with Gasteiger partial charge in [0.1, 0.15) is 11.8 Å². The molecule has 152 valence electrons. The van der Waals surface area contributed by atoms with Crippen molar-refractivity contribution < 1.29 is 9.90 Å². The third-order valence-corrected chi connectivity index (χ3v) is 6.53. The smallest absolute Gasteiger partial charge is 0.274 e. The fourth-order valence-electron chi connectivity index (χ4n) is 4.53. The number of rotatable bonds is 1. The molecule has 0 bridgehead atoms. The van der Waals surface area contributed by atoms with E-state index in [9.17, 15) is 9.90 Å². The molecular formula is C22H20ClN5O2. The van der Waals surface area contributed by atoms with Gasteiger partial charge in [-0.3, -0.25) is 4.79 Å². The molecule has 30 heavy (non-hydrogen) atoms. The van der Waals surface area contributed by atoms with E-state index in [2.05, 4.69) is 22.4 Å². The van der Waals surface area contributed by atoms with Crippen LogP contribution in [0.1, 0.15) is 33.6 Å². The van der Waals surface area contributed by atoms with E-state index in [0.29, 0.717) is 35.7 Å². The summed E-state index contributed by atoms with van der Waals surface area (Å²) in [4.78, 5) is 19.1. The number of fused-ring (bicyclic) bond motifs is 2. The summed E-state index contributed by atoms with van der Waals surface area (Å²) in [5.74, 6) is -0.251. The van der Waals surface area contributed by atoms with Crippen molar-refractivity contribution in [3.8, 4) is 6.07 Å². The van der Waals surface area contributed by atoms with Gasteiger partial charge in [0.25, 0.3) is 5.91 Å². The topological polar surface area (TPSA) is 93.7 Å². The van der Waals surface area contributed by atoms with Gasteiger partial charge in [0, 0.05) is 32.0 Å². The average Bonchev–Trinajstić information content (AvgIpc) is 3.20. The zero-order valence-electron chi connectivity index (χ0n) is 16.2. The predicted octanol–water partition coefficient (Wildman–Crippen LogP) is 2.15. The van der Waals surface area contributed by atoms with Gasteiger partial charge in [-0.25, -0.2) is 4.98 Å². The summed E-state index contributed by atoms with van der Waals surface area (Å²) in [7, 11) is 0. The van der Waals surface area contributed by atoms with Crippen LogP contribution < -0.4 is 5.32 Å². The van der Waals surface area contributed by atoms with Gasteiger partial charge in [0.2, 0.25) is 0 Å². The molecule has 2 aliphatic rings. The Morgan fingerprint density at radius 3 is 2.90 bits per heavy atom. The highest BCUT2D eigenvalue weighted by atomic mass is 35.5. The quantitative estimate of drug-likeness (QED) is 0.628. The highest BCUT2D eigenvalue weighted by Gasteiger charge is 2.45. The lowest BCUT2D eigenvalue weighted by molar-refractivity contribution is -0.0140. The molecule has 1 amide bonds. The van der Waals surface area contributed by atoms with Gasteiger partial charge < -0.3 is 19.7 Å². The van der Waals surface area contributed by atoms with Gasteiger partial charge in [-0.2, -0.15) is 5.26 Å². The van der Waals surface area contributed by atoms with Crippen molar-refractivity contribution in [2.24, 2.45) is 0 Å². The maximum atomic E-state index is 13.1. The number of imidazole rings is 1. The number of aliphatic hydroxyl groups is 1. The molecule has 2 N–H and O–H groups in total. The van der Waals surface area contributed by atoms with E-state index in [1.54, 1.807) is 21.7 Å². The first-order chi connectivity index (χ1) is 14.5. The first kappa shape index (κ1) is 19.1. The first-order valence-electron chi connectivity index (χ1n) is 9.86. The number of amides is 1. The second-order valence-corrected chi connectivity index (χ2v) is 8.42. The number of pyridine rings is 1. The molecule has 3 aromatic rings. The van der Waals surface area contributed by atoms with Crippen LogP contribution in [0.15, 0.2) is 42.7 Å². The zero-order chi connectivity index (χ0) is 20.9. The number of aliphatic hydroxyl groups excluding tert-OH is 1. The number of nitriles is 1. The first-order valence-corrected chi connectivity index (χ1v) is 10.2. The lowest BCUT2D eigenvalue weighted by atomic mass is 9.76. The van der Waals surface area contributed by atoms with Crippen LogP contribution in [0.25, 0.3) is 5.65 Å². The van der Waals surface area contributed by atoms with Crippen molar-refractivity contribution in [1.29, 1.82) is 5.26 Å². The molecule has 0 unspecified atom stereocenters. The summed E-state index contributed by atoms with van der Waals surface area (Å²) in [5, 5.41) is 23.9. The van der Waals surface area contributed by atoms with E-state index in [4.69, 9.17) is 16.9 Å². The van der Waals surface area contributed by atoms with Crippen molar-refractivity contribution in [2.45, 2.75) is 31.0 Å². The Bertz CT molecular complexity index is 1200. The second-order valence-electron chi connectivity index (χ2n) is 8.02. The molecular weight excluding hydrogens is 402 g/mol. The Hall–Kier alpha value is -2.92. The highest BCUT2D eigenvalue weighted by Crippen LogP contribution is 2.32. The Morgan fingerprint density at radius 1 is 1.33 bits per heavy atom. The van der Waals surface area contributed by atoms with E-state index in [-0.39, 0.29) is 18.1 Å².